The molecular weight excluding hydrogens is 216 g/mol. The third-order valence-corrected chi connectivity index (χ3v) is 3.56. The standard InChI is InChI=1S/C13H22N2O2/c1-12(2,3)10(16)8-15-11(17)13(9-14)6-4-5-7-13/h10,16H,4-8H2,1-3H3,(H,15,17). The van der Waals surface area contributed by atoms with Crippen LogP contribution in [-0.4, -0.2) is 23.7 Å². The lowest BCUT2D eigenvalue weighted by atomic mass is 9.86. The van der Waals surface area contributed by atoms with Crippen molar-refractivity contribution in [1.82, 2.24) is 5.32 Å². The minimum atomic E-state index is -0.850. The molecule has 1 aliphatic rings. The van der Waals surface area contributed by atoms with Crippen LogP contribution in [0.2, 0.25) is 0 Å². The highest BCUT2D eigenvalue weighted by molar-refractivity contribution is 5.85. The van der Waals surface area contributed by atoms with E-state index in [0.717, 1.165) is 12.8 Å². The molecule has 0 aromatic carbocycles. The summed E-state index contributed by atoms with van der Waals surface area (Å²) < 4.78 is 0. The Labute approximate surface area is 103 Å². The predicted molar refractivity (Wildman–Crippen MR) is 65.0 cm³/mol. The van der Waals surface area contributed by atoms with E-state index in [9.17, 15) is 9.90 Å². The molecule has 0 aliphatic heterocycles. The van der Waals surface area contributed by atoms with E-state index in [1.165, 1.54) is 0 Å². The minimum absolute atomic E-state index is 0.214. The van der Waals surface area contributed by atoms with Crippen molar-refractivity contribution >= 4 is 5.91 Å². The van der Waals surface area contributed by atoms with Crippen molar-refractivity contribution in [3.05, 3.63) is 0 Å². The fourth-order valence-corrected chi connectivity index (χ4v) is 2.03. The monoisotopic (exact) mass is 238 g/mol. The summed E-state index contributed by atoms with van der Waals surface area (Å²) in [6, 6.07) is 2.15. The van der Waals surface area contributed by atoms with Gasteiger partial charge in [-0.1, -0.05) is 33.6 Å². The highest BCUT2D eigenvalue weighted by Gasteiger charge is 2.41. The summed E-state index contributed by atoms with van der Waals surface area (Å²) in [5.74, 6) is -0.221. The van der Waals surface area contributed by atoms with Crippen molar-refractivity contribution in [3.63, 3.8) is 0 Å². The first-order chi connectivity index (χ1) is 7.82. The Kier molecular flexibility index (Phi) is 4.16. The van der Waals surface area contributed by atoms with Crippen LogP contribution in [0.1, 0.15) is 46.5 Å². The molecule has 2 N–H and O–H groups in total. The van der Waals surface area contributed by atoms with E-state index in [-0.39, 0.29) is 17.9 Å². The van der Waals surface area contributed by atoms with Crippen molar-refractivity contribution in [2.75, 3.05) is 6.54 Å². The smallest absolute Gasteiger partial charge is 0.240 e. The van der Waals surface area contributed by atoms with Crippen molar-refractivity contribution in [3.8, 4) is 6.07 Å². The summed E-state index contributed by atoms with van der Waals surface area (Å²) in [6.07, 6.45) is 2.55. The fraction of sp³-hybridized carbons (Fsp3) is 0.846. The molecule has 0 aromatic heterocycles. The Hall–Kier alpha value is -1.08. The van der Waals surface area contributed by atoms with Crippen LogP contribution in [0.5, 0.6) is 0 Å². The molecule has 1 fully saturated rings. The quantitative estimate of drug-likeness (QED) is 0.784. The number of carbonyl (C=O) groups excluding carboxylic acids is 1. The maximum Gasteiger partial charge on any atom is 0.240 e. The Balaban J connectivity index is 2.53. The number of carbonyl (C=O) groups is 1. The molecule has 0 aromatic rings. The Morgan fingerprint density at radius 1 is 1.47 bits per heavy atom. The molecule has 4 heteroatoms. The van der Waals surface area contributed by atoms with Gasteiger partial charge < -0.3 is 10.4 Å². The molecular formula is C13H22N2O2. The van der Waals surface area contributed by atoms with Crippen molar-refractivity contribution in [1.29, 1.82) is 5.26 Å². The summed E-state index contributed by atoms with van der Waals surface area (Å²) >= 11 is 0. The van der Waals surface area contributed by atoms with Crippen LogP contribution in [-0.2, 0) is 4.79 Å². The van der Waals surface area contributed by atoms with E-state index < -0.39 is 11.5 Å². The molecule has 17 heavy (non-hydrogen) atoms. The number of hydrogen-bond acceptors (Lipinski definition) is 3. The second kappa shape index (κ2) is 5.05. The lowest BCUT2D eigenvalue weighted by Crippen LogP contribution is -2.44. The first-order valence-corrected chi connectivity index (χ1v) is 6.19. The van der Waals surface area contributed by atoms with Gasteiger partial charge in [-0.25, -0.2) is 0 Å². The largest absolute Gasteiger partial charge is 0.391 e. The van der Waals surface area contributed by atoms with Gasteiger partial charge >= 0.3 is 0 Å². The molecule has 1 amide bonds. The lowest BCUT2D eigenvalue weighted by Gasteiger charge is -2.27. The Morgan fingerprint density at radius 2 is 2.00 bits per heavy atom. The number of nitrogens with zero attached hydrogens (tertiary/aromatic N) is 1. The van der Waals surface area contributed by atoms with Crippen LogP contribution in [0.25, 0.3) is 0 Å². The van der Waals surface area contributed by atoms with Crippen LogP contribution >= 0.6 is 0 Å². The van der Waals surface area contributed by atoms with Crippen molar-refractivity contribution in [2.45, 2.75) is 52.6 Å². The van der Waals surface area contributed by atoms with E-state index in [2.05, 4.69) is 11.4 Å². The van der Waals surface area contributed by atoms with Gasteiger partial charge in [0.15, 0.2) is 0 Å². The SMILES string of the molecule is CC(C)(C)C(O)CNC(=O)C1(C#N)CCCC1. The summed E-state index contributed by atoms with van der Waals surface area (Å²) in [7, 11) is 0. The van der Waals surface area contributed by atoms with Gasteiger partial charge in [0.05, 0.1) is 12.2 Å². The Bertz CT molecular complexity index is 319. The average molecular weight is 238 g/mol. The molecule has 0 saturated heterocycles. The molecule has 0 heterocycles. The van der Waals surface area contributed by atoms with Gasteiger partial charge in [0.25, 0.3) is 0 Å². The zero-order valence-electron chi connectivity index (χ0n) is 10.9. The topological polar surface area (TPSA) is 73.1 Å². The molecule has 1 saturated carbocycles. The molecule has 96 valence electrons. The normalized spacial score (nSPS) is 20.6. The molecule has 0 bridgehead atoms. The van der Waals surface area contributed by atoms with Crippen LogP contribution in [0.4, 0.5) is 0 Å². The zero-order valence-corrected chi connectivity index (χ0v) is 10.9. The third kappa shape index (κ3) is 3.19. The van der Waals surface area contributed by atoms with E-state index >= 15 is 0 Å². The van der Waals surface area contributed by atoms with Crippen LogP contribution in [0, 0.1) is 22.2 Å². The second-order valence-corrected chi connectivity index (χ2v) is 5.99. The highest BCUT2D eigenvalue weighted by Crippen LogP contribution is 2.37. The van der Waals surface area contributed by atoms with Gasteiger partial charge in [0.1, 0.15) is 5.41 Å². The minimum Gasteiger partial charge on any atom is -0.391 e. The Morgan fingerprint density at radius 3 is 2.41 bits per heavy atom. The molecule has 4 nitrogen and oxygen atoms in total. The van der Waals surface area contributed by atoms with E-state index in [1.54, 1.807) is 0 Å². The van der Waals surface area contributed by atoms with E-state index in [0.29, 0.717) is 12.8 Å². The van der Waals surface area contributed by atoms with Gasteiger partial charge in [-0.15, -0.1) is 0 Å². The summed E-state index contributed by atoms with van der Waals surface area (Å²) in [4.78, 5) is 12.0. The van der Waals surface area contributed by atoms with E-state index in [4.69, 9.17) is 5.26 Å². The van der Waals surface area contributed by atoms with Crippen LogP contribution < -0.4 is 5.32 Å². The number of nitriles is 1. The fourth-order valence-electron chi connectivity index (χ4n) is 2.03. The summed E-state index contributed by atoms with van der Waals surface area (Å²) in [6.45, 7) is 5.96. The predicted octanol–water partition coefficient (Wildman–Crippen LogP) is 1.59. The third-order valence-electron chi connectivity index (χ3n) is 3.56. The molecule has 0 spiro atoms. The number of amides is 1. The number of aliphatic hydroxyl groups is 1. The first-order valence-electron chi connectivity index (χ1n) is 6.19. The zero-order chi connectivity index (χ0) is 13.1. The maximum absolute atomic E-state index is 12.0. The van der Waals surface area contributed by atoms with Crippen molar-refractivity contribution in [2.24, 2.45) is 10.8 Å². The van der Waals surface area contributed by atoms with Crippen LogP contribution in [0.3, 0.4) is 0 Å². The van der Waals surface area contributed by atoms with Gasteiger partial charge in [-0.3, -0.25) is 4.79 Å². The number of aliphatic hydroxyl groups excluding tert-OH is 1. The summed E-state index contributed by atoms with van der Waals surface area (Å²) in [5, 5.41) is 21.7. The number of hydrogen-bond donors (Lipinski definition) is 2. The average Bonchev–Trinajstić information content (AvgIpc) is 2.73. The van der Waals surface area contributed by atoms with Gasteiger partial charge in [0, 0.05) is 6.54 Å². The second-order valence-electron chi connectivity index (χ2n) is 5.99. The van der Waals surface area contributed by atoms with Crippen LogP contribution in [0.15, 0.2) is 0 Å². The first kappa shape index (κ1) is 14.0. The molecule has 0 radical (unpaired) electrons. The molecule has 1 rings (SSSR count). The highest BCUT2D eigenvalue weighted by atomic mass is 16.3. The van der Waals surface area contributed by atoms with Gasteiger partial charge in [0.2, 0.25) is 5.91 Å². The molecule has 1 unspecified atom stereocenters. The van der Waals surface area contributed by atoms with Gasteiger partial charge in [-0.05, 0) is 18.3 Å². The van der Waals surface area contributed by atoms with Gasteiger partial charge in [-0.2, -0.15) is 5.26 Å². The lowest BCUT2D eigenvalue weighted by molar-refractivity contribution is -0.128. The summed E-state index contributed by atoms with van der Waals surface area (Å²) in [5.41, 5.74) is -1.11. The number of nitrogens with one attached hydrogen (secondary N) is 1. The molecule has 1 aliphatic carbocycles. The van der Waals surface area contributed by atoms with Crippen molar-refractivity contribution < 1.29 is 9.90 Å². The number of rotatable bonds is 3. The maximum atomic E-state index is 12.0. The molecule has 1 atom stereocenters. The van der Waals surface area contributed by atoms with E-state index in [1.807, 2.05) is 20.8 Å².